The van der Waals surface area contributed by atoms with Gasteiger partial charge in [0.15, 0.2) is 5.75 Å². The quantitative estimate of drug-likeness (QED) is 0.548. The second-order valence-electron chi connectivity index (χ2n) is 2.68. The van der Waals surface area contributed by atoms with Crippen molar-refractivity contribution in [3.05, 3.63) is 24.0 Å². The fourth-order valence-corrected chi connectivity index (χ4v) is 1.18. The van der Waals surface area contributed by atoms with Crippen LogP contribution in [0.2, 0.25) is 0 Å². The van der Waals surface area contributed by atoms with Gasteiger partial charge in [-0.1, -0.05) is 0 Å². The molecule has 0 radical (unpaired) electrons. The lowest BCUT2D eigenvalue weighted by molar-refractivity contribution is -0.0424. The fourth-order valence-electron chi connectivity index (χ4n) is 1.18. The van der Waals surface area contributed by atoms with Gasteiger partial charge in [-0.3, -0.25) is 4.98 Å². The van der Waals surface area contributed by atoms with Gasteiger partial charge in [-0.15, -0.1) is 5.06 Å². The number of pyridine rings is 1. The van der Waals surface area contributed by atoms with Crippen molar-refractivity contribution in [1.29, 1.82) is 0 Å². The van der Waals surface area contributed by atoms with Crippen LogP contribution in [0.4, 0.5) is 0 Å². The molecule has 0 aromatic carbocycles. The molecular formula is C8H10N2O. The van der Waals surface area contributed by atoms with Crippen molar-refractivity contribution in [2.45, 2.75) is 6.42 Å². The topological polar surface area (TPSA) is 25.4 Å². The Bertz CT molecular complexity index is 262. The number of hydroxylamine groups is 2. The molecule has 2 rings (SSSR count). The smallest absolute Gasteiger partial charge is 0.153 e. The zero-order valence-electron chi connectivity index (χ0n) is 6.45. The summed E-state index contributed by atoms with van der Waals surface area (Å²) in [5.41, 5.74) is 1.20. The average molecular weight is 150 g/mol. The predicted octanol–water partition coefficient (Wildman–Crippen LogP) is 0.863. The van der Waals surface area contributed by atoms with Crippen molar-refractivity contribution in [2.24, 2.45) is 0 Å². The molecule has 0 saturated heterocycles. The van der Waals surface area contributed by atoms with Crippen molar-refractivity contribution >= 4 is 0 Å². The van der Waals surface area contributed by atoms with Gasteiger partial charge in [-0.2, -0.15) is 0 Å². The van der Waals surface area contributed by atoms with Gasteiger partial charge in [-0.05, 0) is 6.42 Å². The number of likely N-dealkylation sites (N-methyl/N-ethyl adjacent to an activating group) is 1. The lowest BCUT2D eigenvalue weighted by Gasteiger charge is -2.24. The molecule has 1 aliphatic rings. The molecule has 3 nitrogen and oxygen atoms in total. The Kier molecular flexibility index (Phi) is 1.51. The maximum absolute atomic E-state index is 5.43. The van der Waals surface area contributed by atoms with E-state index >= 15 is 0 Å². The minimum absolute atomic E-state index is 0.939. The van der Waals surface area contributed by atoms with Gasteiger partial charge in [0.2, 0.25) is 0 Å². The molecule has 1 aromatic heterocycles. The van der Waals surface area contributed by atoms with E-state index in [1.807, 2.05) is 24.4 Å². The molecule has 11 heavy (non-hydrogen) atoms. The number of rotatable bonds is 0. The van der Waals surface area contributed by atoms with Gasteiger partial charge in [0.05, 0.1) is 0 Å². The summed E-state index contributed by atoms with van der Waals surface area (Å²) in [5.74, 6) is 0.939. The lowest BCUT2D eigenvalue weighted by Crippen LogP contribution is -2.29. The molecule has 0 spiro atoms. The summed E-state index contributed by atoms with van der Waals surface area (Å²) < 4.78 is 0. The van der Waals surface area contributed by atoms with E-state index in [1.54, 1.807) is 6.20 Å². The summed E-state index contributed by atoms with van der Waals surface area (Å²) >= 11 is 0. The Balaban J connectivity index is 2.34. The molecule has 0 unspecified atom stereocenters. The molecule has 1 aliphatic heterocycles. The van der Waals surface area contributed by atoms with Crippen LogP contribution in [0.5, 0.6) is 5.75 Å². The molecular weight excluding hydrogens is 140 g/mol. The maximum atomic E-state index is 5.43. The van der Waals surface area contributed by atoms with Crippen molar-refractivity contribution in [1.82, 2.24) is 10.0 Å². The van der Waals surface area contributed by atoms with Crippen LogP contribution in [0.25, 0.3) is 0 Å². The molecule has 0 bridgehead atoms. The third kappa shape index (κ3) is 1.19. The first-order chi connectivity index (χ1) is 5.36. The molecule has 2 heterocycles. The second-order valence-corrected chi connectivity index (χ2v) is 2.68. The monoisotopic (exact) mass is 150 g/mol. The Morgan fingerprint density at radius 2 is 2.55 bits per heavy atom. The highest BCUT2D eigenvalue weighted by Gasteiger charge is 2.13. The van der Waals surface area contributed by atoms with Gasteiger partial charge in [0, 0.05) is 37.6 Å². The molecule has 3 heteroatoms. The highest BCUT2D eigenvalue weighted by Crippen LogP contribution is 2.21. The molecule has 58 valence electrons. The van der Waals surface area contributed by atoms with Gasteiger partial charge in [0.25, 0.3) is 0 Å². The van der Waals surface area contributed by atoms with Crippen LogP contribution in [-0.4, -0.2) is 23.6 Å². The average Bonchev–Trinajstić information content (AvgIpc) is 2.04. The number of fused-ring (bicyclic) bond motifs is 1. The summed E-state index contributed by atoms with van der Waals surface area (Å²) in [6.45, 7) is 0.943. The Hall–Kier alpha value is -1.09. The number of hydrogen-bond acceptors (Lipinski definition) is 3. The summed E-state index contributed by atoms with van der Waals surface area (Å²) in [4.78, 5) is 9.45. The van der Waals surface area contributed by atoms with Gasteiger partial charge in [0.1, 0.15) is 0 Å². The fraction of sp³-hybridized carbons (Fsp3) is 0.375. The van der Waals surface area contributed by atoms with Gasteiger partial charge in [-0.25, -0.2) is 0 Å². The number of hydrogen-bond donors (Lipinski definition) is 0. The van der Waals surface area contributed by atoms with E-state index in [2.05, 4.69) is 4.98 Å². The highest BCUT2D eigenvalue weighted by molar-refractivity contribution is 5.31. The Labute approximate surface area is 65.6 Å². The number of aromatic nitrogens is 1. The first-order valence-corrected chi connectivity index (χ1v) is 3.68. The van der Waals surface area contributed by atoms with E-state index in [9.17, 15) is 0 Å². The highest BCUT2D eigenvalue weighted by atomic mass is 16.7. The van der Waals surface area contributed by atoms with Gasteiger partial charge < -0.3 is 4.84 Å². The van der Waals surface area contributed by atoms with Crippen molar-refractivity contribution in [2.75, 3.05) is 13.6 Å². The zero-order chi connectivity index (χ0) is 7.68. The van der Waals surface area contributed by atoms with E-state index in [4.69, 9.17) is 4.84 Å². The van der Waals surface area contributed by atoms with Crippen LogP contribution < -0.4 is 4.84 Å². The normalized spacial score (nSPS) is 17.2. The largest absolute Gasteiger partial charge is 0.406 e. The van der Waals surface area contributed by atoms with Crippen LogP contribution in [-0.2, 0) is 6.42 Å². The van der Waals surface area contributed by atoms with Gasteiger partial charge >= 0.3 is 0 Å². The van der Waals surface area contributed by atoms with Crippen molar-refractivity contribution < 1.29 is 4.84 Å². The molecule has 0 atom stereocenters. The van der Waals surface area contributed by atoms with Crippen LogP contribution in [0, 0.1) is 0 Å². The second kappa shape index (κ2) is 2.51. The summed E-state index contributed by atoms with van der Waals surface area (Å²) in [5, 5.41) is 1.84. The molecule has 0 fully saturated rings. The molecule has 1 aromatic rings. The first kappa shape index (κ1) is 6.61. The van der Waals surface area contributed by atoms with Crippen LogP contribution in [0.1, 0.15) is 5.56 Å². The first-order valence-electron chi connectivity index (χ1n) is 3.68. The minimum Gasteiger partial charge on any atom is -0.406 e. The van der Waals surface area contributed by atoms with Crippen LogP contribution >= 0.6 is 0 Å². The van der Waals surface area contributed by atoms with E-state index < -0.39 is 0 Å². The third-order valence-corrected chi connectivity index (χ3v) is 1.81. The molecule has 0 N–H and O–H groups in total. The standard InChI is InChI=1S/C8H10N2O/c1-10-5-3-7-6-9-4-2-8(7)11-10/h2,4,6H,3,5H2,1H3. The predicted molar refractivity (Wildman–Crippen MR) is 41.2 cm³/mol. The maximum Gasteiger partial charge on any atom is 0.153 e. The Morgan fingerprint density at radius 3 is 3.45 bits per heavy atom. The summed E-state index contributed by atoms with van der Waals surface area (Å²) in [6.07, 6.45) is 4.64. The Morgan fingerprint density at radius 1 is 1.64 bits per heavy atom. The SMILES string of the molecule is CN1CCc2cnccc2O1. The summed E-state index contributed by atoms with van der Waals surface area (Å²) in [7, 11) is 1.93. The van der Waals surface area contributed by atoms with Crippen molar-refractivity contribution in [3.8, 4) is 5.75 Å². The minimum atomic E-state index is 0.939. The molecule has 0 aliphatic carbocycles. The zero-order valence-corrected chi connectivity index (χ0v) is 6.45. The van der Waals surface area contributed by atoms with E-state index in [0.29, 0.717) is 0 Å². The van der Waals surface area contributed by atoms with E-state index in [1.165, 1.54) is 5.56 Å². The number of nitrogens with zero attached hydrogens (tertiary/aromatic N) is 2. The molecule has 0 saturated carbocycles. The molecule has 0 amide bonds. The third-order valence-electron chi connectivity index (χ3n) is 1.81. The lowest BCUT2D eigenvalue weighted by atomic mass is 10.2. The van der Waals surface area contributed by atoms with Crippen molar-refractivity contribution in [3.63, 3.8) is 0 Å². The summed E-state index contributed by atoms with van der Waals surface area (Å²) in [6, 6.07) is 1.89. The van der Waals surface area contributed by atoms with E-state index in [0.717, 1.165) is 18.7 Å². The van der Waals surface area contributed by atoms with Crippen LogP contribution in [0.15, 0.2) is 18.5 Å². The van der Waals surface area contributed by atoms with E-state index in [-0.39, 0.29) is 0 Å². The van der Waals surface area contributed by atoms with Crippen LogP contribution in [0.3, 0.4) is 0 Å².